The summed E-state index contributed by atoms with van der Waals surface area (Å²) in [7, 11) is 0. The first kappa shape index (κ1) is 17.0. The number of nitrogens with one attached hydrogen (secondary N) is 1. The third kappa shape index (κ3) is 3.79. The molecule has 5 nitrogen and oxygen atoms in total. The molecule has 0 bridgehead atoms. The van der Waals surface area contributed by atoms with E-state index < -0.39 is 0 Å². The van der Waals surface area contributed by atoms with Gasteiger partial charge in [0.1, 0.15) is 11.6 Å². The van der Waals surface area contributed by atoms with Crippen molar-refractivity contribution in [3.05, 3.63) is 66.7 Å². The van der Waals surface area contributed by atoms with Gasteiger partial charge in [-0.05, 0) is 25.0 Å². The van der Waals surface area contributed by atoms with E-state index in [0.717, 1.165) is 49.2 Å². The highest BCUT2D eigenvalue weighted by molar-refractivity contribution is 5.62. The third-order valence-corrected chi connectivity index (χ3v) is 5.40. The topological polar surface area (TPSA) is 44.3 Å². The molecule has 5 rings (SSSR count). The van der Waals surface area contributed by atoms with Gasteiger partial charge in [0.25, 0.3) is 0 Å². The summed E-state index contributed by atoms with van der Waals surface area (Å²) in [6, 6.07) is 23.6. The third-order valence-electron chi connectivity index (χ3n) is 5.40. The molecule has 0 unspecified atom stereocenters. The maximum absolute atomic E-state index is 4.91. The summed E-state index contributed by atoms with van der Waals surface area (Å²) in [6.45, 7) is 3.92. The van der Waals surface area contributed by atoms with Gasteiger partial charge in [0.15, 0.2) is 5.82 Å². The van der Waals surface area contributed by atoms with Crippen LogP contribution < -0.4 is 15.1 Å². The lowest BCUT2D eigenvalue weighted by atomic mass is 10.2. The van der Waals surface area contributed by atoms with Crippen LogP contribution in [0.4, 0.5) is 17.3 Å². The minimum absolute atomic E-state index is 0.571. The molecule has 2 heterocycles. The molecule has 2 fully saturated rings. The van der Waals surface area contributed by atoms with Crippen LogP contribution in [0.25, 0.3) is 11.4 Å². The molecule has 1 aliphatic heterocycles. The van der Waals surface area contributed by atoms with Gasteiger partial charge in [0.2, 0.25) is 0 Å². The Kier molecular flexibility index (Phi) is 4.57. The van der Waals surface area contributed by atoms with Gasteiger partial charge in [0.05, 0.1) is 0 Å². The van der Waals surface area contributed by atoms with E-state index in [2.05, 4.69) is 63.6 Å². The van der Waals surface area contributed by atoms with Gasteiger partial charge in [-0.25, -0.2) is 9.97 Å². The van der Waals surface area contributed by atoms with Crippen LogP contribution in [0, 0.1) is 0 Å². The molecule has 1 N–H and O–H groups in total. The lowest BCUT2D eigenvalue weighted by Gasteiger charge is -2.37. The smallest absolute Gasteiger partial charge is 0.163 e. The molecule has 2 aromatic carbocycles. The first-order chi connectivity index (χ1) is 13.8. The first-order valence-electron chi connectivity index (χ1n) is 10.1. The van der Waals surface area contributed by atoms with Gasteiger partial charge in [0, 0.05) is 49.5 Å². The summed E-state index contributed by atoms with van der Waals surface area (Å²) in [5.74, 6) is 2.76. The molecule has 1 aromatic heterocycles. The van der Waals surface area contributed by atoms with Crippen LogP contribution in [0.15, 0.2) is 66.7 Å². The Balaban J connectivity index is 1.38. The van der Waals surface area contributed by atoms with Crippen LogP contribution in [0.2, 0.25) is 0 Å². The van der Waals surface area contributed by atoms with Gasteiger partial charge in [-0.3, -0.25) is 0 Å². The highest BCUT2D eigenvalue weighted by atomic mass is 15.3. The zero-order valence-corrected chi connectivity index (χ0v) is 16.0. The van der Waals surface area contributed by atoms with Crippen molar-refractivity contribution in [1.29, 1.82) is 0 Å². The Morgan fingerprint density at radius 1 is 0.750 bits per heavy atom. The summed E-state index contributed by atoms with van der Waals surface area (Å²) < 4.78 is 0. The Morgan fingerprint density at radius 2 is 1.39 bits per heavy atom. The Labute approximate surface area is 166 Å². The molecule has 142 valence electrons. The zero-order valence-electron chi connectivity index (χ0n) is 16.0. The van der Waals surface area contributed by atoms with Crippen LogP contribution in [0.1, 0.15) is 12.8 Å². The average molecular weight is 371 g/mol. The van der Waals surface area contributed by atoms with E-state index in [9.17, 15) is 0 Å². The fourth-order valence-electron chi connectivity index (χ4n) is 3.66. The second-order valence-corrected chi connectivity index (χ2v) is 7.53. The Bertz CT molecular complexity index is 916. The number of hydrogen-bond donors (Lipinski definition) is 1. The number of anilines is 3. The SMILES string of the molecule is c1ccc(-c2nc(NC3CC3)cc(N3CCN(c4ccccc4)CC3)n2)cc1. The van der Waals surface area contributed by atoms with Gasteiger partial charge in [-0.2, -0.15) is 0 Å². The van der Waals surface area contributed by atoms with E-state index in [1.165, 1.54) is 18.5 Å². The summed E-state index contributed by atoms with van der Waals surface area (Å²) in [4.78, 5) is 14.5. The minimum Gasteiger partial charge on any atom is -0.368 e. The second-order valence-electron chi connectivity index (χ2n) is 7.53. The Hall–Kier alpha value is -3.08. The lowest BCUT2D eigenvalue weighted by Crippen LogP contribution is -2.46. The van der Waals surface area contributed by atoms with Crippen molar-refractivity contribution >= 4 is 17.3 Å². The maximum atomic E-state index is 4.91. The lowest BCUT2D eigenvalue weighted by molar-refractivity contribution is 0.647. The highest BCUT2D eigenvalue weighted by Gasteiger charge is 2.24. The molecule has 5 heteroatoms. The van der Waals surface area contributed by atoms with E-state index in [1.54, 1.807) is 0 Å². The number of hydrogen-bond acceptors (Lipinski definition) is 5. The van der Waals surface area contributed by atoms with Crippen LogP contribution in [-0.4, -0.2) is 42.2 Å². The zero-order chi connectivity index (χ0) is 18.8. The van der Waals surface area contributed by atoms with Crippen LogP contribution in [0.5, 0.6) is 0 Å². The van der Waals surface area contributed by atoms with Gasteiger partial charge in [-0.15, -0.1) is 0 Å². The molecule has 2 aliphatic rings. The molecular formula is C23H25N5. The second kappa shape index (κ2) is 7.50. The van der Waals surface area contributed by atoms with Crippen molar-refractivity contribution in [2.45, 2.75) is 18.9 Å². The van der Waals surface area contributed by atoms with Crippen molar-refractivity contribution in [2.24, 2.45) is 0 Å². The molecule has 0 radical (unpaired) electrons. The number of piperazine rings is 1. The summed E-state index contributed by atoms with van der Waals surface area (Å²) in [6.07, 6.45) is 2.46. The van der Waals surface area contributed by atoms with E-state index in [0.29, 0.717) is 6.04 Å². The van der Waals surface area contributed by atoms with E-state index in [-0.39, 0.29) is 0 Å². The quantitative estimate of drug-likeness (QED) is 0.733. The number of rotatable bonds is 5. The summed E-state index contributed by atoms with van der Waals surface area (Å²) in [5.41, 5.74) is 2.36. The average Bonchev–Trinajstić information content (AvgIpc) is 3.59. The number of para-hydroxylation sites is 1. The van der Waals surface area contributed by atoms with Crippen molar-refractivity contribution in [3.8, 4) is 11.4 Å². The first-order valence-corrected chi connectivity index (χ1v) is 10.1. The van der Waals surface area contributed by atoms with Crippen molar-refractivity contribution in [1.82, 2.24) is 9.97 Å². The van der Waals surface area contributed by atoms with Crippen molar-refractivity contribution < 1.29 is 0 Å². The summed E-state index contributed by atoms with van der Waals surface area (Å²) >= 11 is 0. The molecule has 1 aliphatic carbocycles. The standard InChI is InChI=1S/C23H25N5/c1-3-7-18(8-4-1)23-25-21(24-19-11-12-19)17-22(26-23)28-15-13-27(14-16-28)20-9-5-2-6-10-20/h1-10,17,19H,11-16H2,(H,24,25,26). The van der Waals surface area contributed by atoms with E-state index in [4.69, 9.17) is 9.97 Å². The molecule has 0 amide bonds. The molecule has 1 saturated carbocycles. The number of aromatic nitrogens is 2. The van der Waals surface area contributed by atoms with E-state index >= 15 is 0 Å². The fourth-order valence-corrected chi connectivity index (χ4v) is 3.66. The van der Waals surface area contributed by atoms with Crippen LogP contribution in [0.3, 0.4) is 0 Å². The van der Waals surface area contributed by atoms with Crippen LogP contribution >= 0.6 is 0 Å². The molecule has 0 atom stereocenters. The molecule has 3 aromatic rings. The number of benzene rings is 2. The summed E-state index contributed by atoms with van der Waals surface area (Å²) in [5, 5.41) is 3.55. The van der Waals surface area contributed by atoms with Gasteiger partial charge in [-0.1, -0.05) is 48.5 Å². The minimum atomic E-state index is 0.571. The van der Waals surface area contributed by atoms with Gasteiger partial charge < -0.3 is 15.1 Å². The molecule has 1 saturated heterocycles. The normalized spacial score (nSPS) is 16.9. The highest BCUT2D eigenvalue weighted by Crippen LogP contribution is 2.28. The largest absolute Gasteiger partial charge is 0.368 e. The van der Waals surface area contributed by atoms with Gasteiger partial charge >= 0.3 is 0 Å². The predicted molar refractivity (Wildman–Crippen MR) is 115 cm³/mol. The number of nitrogens with zero attached hydrogens (tertiary/aromatic N) is 4. The van der Waals surface area contributed by atoms with E-state index in [1.807, 2.05) is 18.2 Å². The maximum Gasteiger partial charge on any atom is 0.163 e. The van der Waals surface area contributed by atoms with Crippen molar-refractivity contribution in [2.75, 3.05) is 41.3 Å². The fraction of sp³-hybridized carbons (Fsp3) is 0.304. The molecule has 0 spiro atoms. The monoisotopic (exact) mass is 371 g/mol. The van der Waals surface area contributed by atoms with Crippen LogP contribution in [-0.2, 0) is 0 Å². The van der Waals surface area contributed by atoms with Crippen molar-refractivity contribution in [3.63, 3.8) is 0 Å². The predicted octanol–water partition coefficient (Wildman–Crippen LogP) is 4.04. The molecule has 28 heavy (non-hydrogen) atoms. The Morgan fingerprint density at radius 3 is 2.07 bits per heavy atom. The molecular weight excluding hydrogens is 346 g/mol.